The summed E-state index contributed by atoms with van der Waals surface area (Å²) in [6.45, 7) is 7.63. The van der Waals surface area contributed by atoms with Gasteiger partial charge in [0.2, 0.25) is 0 Å². The molecule has 2 nitrogen and oxygen atoms in total. The van der Waals surface area contributed by atoms with Crippen LogP contribution in [0.5, 0.6) is 0 Å². The quantitative estimate of drug-likeness (QED) is 0.864. The molecule has 0 amide bonds. The van der Waals surface area contributed by atoms with Gasteiger partial charge in [-0.15, -0.1) is 0 Å². The lowest BCUT2D eigenvalue weighted by molar-refractivity contribution is 0.158. The SMILES string of the molecule is CC(CN(C)C(C)c1ccccc1F)C1CNC1. The summed E-state index contributed by atoms with van der Waals surface area (Å²) in [6.07, 6.45) is 0. The van der Waals surface area contributed by atoms with E-state index in [2.05, 4.69) is 31.1 Å². The first kappa shape index (κ1) is 13.5. The van der Waals surface area contributed by atoms with E-state index in [-0.39, 0.29) is 11.9 Å². The van der Waals surface area contributed by atoms with Crippen LogP contribution < -0.4 is 5.32 Å². The monoisotopic (exact) mass is 250 g/mol. The Morgan fingerprint density at radius 1 is 1.33 bits per heavy atom. The van der Waals surface area contributed by atoms with Crippen LogP contribution in [0.2, 0.25) is 0 Å². The van der Waals surface area contributed by atoms with E-state index in [0.717, 1.165) is 31.1 Å². The van der Waals surface area contributed by atoms with Gasteiger partial charge in [0.1, 0.15) is 5.82 Å². The summed E-state index contributed by atoms with van der Waals surface area (Å²) >= 11 is 0. The van der Waals surface area contributed by atoms with Gasteiger partial charge in [-0.05, 0) is 45.0 Å². The molecule has 1 fully saturated rings. The highest BCUT2D eigenvalue weighted by atomic mass is 19.1. The summed E-state index contributed by atoms with van der Waals surface area (Å²) in [5.41, 5.74) is 0.791. The van der Waals surface area contributed by atoms with Crippen LogP contribution in [0.4, 0.5) is 4.39 Å². The van der Waals surface area contributed by atoms with Gasteiger partial charge in [0.05, 0.1) is 0 Å². The summed E-state index contributed by atoms with van der Waals surface area (Å²) < 4.78 is 13.7. The lowest BCUT2D eigenvalue weighted by Crippen LogP contribution is -2.48. The Balaban J connectivity index is 1.95. The van der Waals surface area contributed by atoms with E-state index in [4.69, 9.17) is 0 Å². The van der Waals surface area contributed by atoms with Crippen molar-refractivity contribution in [2.75, 3.05) is 26.7 Å². The molecule has 1 aliphatic heterocycles. The van der Waals surface area contributed by atoms with Crippen LogP contribution >= 0.6 is 0 Å². The molecule has 0 aliphatic carbocycles. The molecule has 1 heterocycles. The minimum atomic E-state index is -0.102. The van der Waals surface area contributed by atoms with E-state index in [9.17, 15) is 4.39 Å². The summed E-state index contributed by atoms with van der Waals surface area (Å²) in [6, 6.07) is 7.20. The molecule has 1 aromatic carbocycles. The number of halogens is 1. The Morgan fingerprint density at radius 3 is 2.56 bits per heavy atom. The highest BCUT2D eigenvalue weighted by Crippen LogP contribution is 2.24. The molecule has 3 heteroatoms. The average Bonchev–Trinajstić information content (AvgIpc) is 2.26. The number of rotatable bonds is 5. The van der Waals surface area contributed by atoms with E-state index < -0.39 is 0 Å². The maximum atomic E-state index is 13.7. The normalized spacial score (nSPS) is 19.6. The van der Waals surface area contributed by atoms with Crippen LogP contribution in [-0.4, -0.2) is 31.6 Å². The molecule has 0 aromatic heterocycles. The first-order valence-corrected chi connectivity index (χ1v) is 6.75. The van der Waals surface area contributed by atoms with Crippen molar-refractivity contribution in [2.45, 2.75) is 19.9 Å². The third-order valence-electron chi connectivity index (χ3n) is 4.21. The molecule has 0 radical (unpaired) electrons. The van der Waals surface area contributed by atoms with E-state index in [0.29, 0.717) is 5.92 Å². The Hall–Kier alpha value is -0.930. The molecule has 0 bridgehead atoms. The number of hydrogen-bond donors (Lipinski definition) is 1. The molecule has 100 valence electrons. The molecule has 0 saturated carbocycles. The highest BCUT2D eigenvalue weighted by molar-refractivity contribution is 5.20. The topological polar surface area (TPSA) is 15.3 Å². The van der Waals surface area contributed by atoms with E-state index >= 15 is 0 Å². The lowest BCUT2D eigenvalue weighted by Gasteiger charge is -2.36. The second kappa shape index (κ2) is 5.81. The highest BCUT2D eigenvalue weighted by Gasteiger charge is 2.26. The van der Waals surface area contributed by atoms with Crippen LogP contribution in [0, 0.1) is 17.7 Å². The summed E-state index contributed by atoms with van der Waals surface area (Å²) in [5.74, 6) is 1.33. The van der Waals surface area contributed by atoms with Gasteiger partial charge in [0.15, 0.2) is 0 Å². The number of hydrogen-bond acceptors (Lipinski definition) is 2. The summed E-state index contributed by atoms with van der Waals surface area (Å²) in [4.78, 5) is 2.25. The number of benzene rings is 1. The summed E-state index contributed by atoms with van der Waals surface area (Å²) in [5, 5.41) is 3.31. The van der Waals surface area contributed by atoms with Gasteiger partial charge in [0.25, 0.3) is 0 Å². The van der Waals surface area contributed by atoms with Crippen molar-refractivity contribution in [3.05, 3.63) is 35.6 Å². The fourth-order valence-corrected chi connectivity index (χ4v) is 2.53. The first-order valence-electron chi connectivity index (χ1n) is 6.75. The molecule has 2 atom stereocenters. The standard InChI is InChI=1S/C15H23FN2/c1-11(13-8-17-9-13)10-18(3)12(2)14-6-4-5-7-15(14)16/h4-7,11-13,17H,8-10H2,1-3H3. The van der Waals surface area contributed by atoms with Crippen LogP contribution in [0.1, 0.15) is 25.5 Å². The predicted octanol–water partition coefficient (Wildman–Crippen LogP) is 2.67. The fourth-order valence-electron chi connectivity index (χ4n) is 2.53. The van der Waals surface area contributed by atoms with E-state index in [1.54, 1.807) is 12.1 Å². The van der Waals surface area contributed by atoms with Gasteiger partial charge in [-0.25, -0.2) is 4.39 Å². The predicted molar refractivity (Wildman–Crippen MR) is 73.0 cm³/mol. The Bertz CT molecular complexity index is 390. The molecule has 2 rings (SSSR count). The van der Waals surface area contributed by atoms with Crippen molar-refractivity contribution < 1.29 is 4.39 Å². The summed E-state index contributed by atoms with van der Waals surface area (Å²) in [7, 11) is 2.08. The average molecular weight is 250 g/mol. The molecule has 1 N–H and O–H groups in total. The third kappa shape index (κ3) is 2.90. The smallest absolute Gasteiger partial charge is 0.127 e. The maximum Gasteiger partial charge on any atom is 0.127 e. The van der Waals surface area contributed by atoms with Crippen LogP contribution in [0.3, 0.4) is 0 Å². The van der Waals surface area contributed by atoms with Crippen LogP contribution in [-0.2, 0) is 0 Å². The maximum absolute atomic E-state index is 13.7. The lowest BCUT2D eigenvalue weighted by atomic mass is 9.88. The van der Waals surface area contributed by atoms with Crippen molar-refractivity contribution in [3.8, 4) is 0 Å². The van der Waals surface area contributed by atoms with Crippen molar-refractivity contribution in [3.63, 3.8) is 0 Å². The Labute approximate surface area is 109 Å². The number of nitrogens with one attached hydrogen (secondary N) is 1. The van der Waals surface area contributed by atoms with Crippen molar-refractivity contribution in [2.24, 2.45) is 11.8 Å². The zero-order valence-corrected chi connectivity index (χ0v) is 11.5. The fraction of sp³-hybridized carbons (Fsp3) is 0.600. The Kier molecular flexibility index (Phi) is 4.36. The van der Waals surface area contributed by atoms with Crippen LogP contribution in [0.15, 0.2) is 24.3 Å². The molecule has 1 saturated heterocycles. The largest absolute Gasteiger partial charge is 0.316 e. The minimum absolute atomic E-state index is 0.102. The van der Waals surface area contributed by atoms with Gasteiger partial charge in [-0.1, -0.05) is 25.1 Å². The minimum Gasteiger partial charge on any atom is -0.316 e. The second-order valence-electron chi connectivity index (χ2n) is 5.53. The molecule has 0 spiro atoms. The van der Waals surface area contributed by atoms with Gasteiger partial charge < -0.3 is 5.32 Å². The van der Waals surface area contributed by atoms with Gasteiger partial charge in [0, 0.05) is 18.2 Å². The van der Waals surface area contributed by atoms with E-state index in [1.165, 1.54) is 0 Å². The van der Waals surface area contributed by atoms with Crippen molar-refractivity contribution in [1.82, 2.24) is 10.2 Å². The molecule has 1 aromatic rings. The molecule has 18 heavy (non-hydrogen) atoms. The first-order chi connectivity index (χ1) is 8.59. The van der Waals surface area contributed by atoms with Gasteiger partial charge in [-0.3, -0.25) is 4.90 Å². The van der Waals surface area contributed by atoms with Crippen molar-refractivity contribution in [1.29, 1.82) is 0 Å². The molecular weight excluding hydrogens is 227 g/mol. The Morgan fingerprint density at radius 2 is 2.00 bits per heavy atom. The zero-order chi connectivity index (χ0) is 13.1. The van der Waals surface area contributed by atoms with Gasteiger partial charge in [-0.2, -0.15) is 0 Å². The molecule has 1 aliphatic rings. The third-order valence-corrected chi connectivity index (χ3v) is 4.21. The molecule has 2 unspecified atom stereocenters. The second-order valence-corrected chi connectivity index (χ2v) is 5.53. The molecular formula is C15H23FN2. The van der Waals surface area contributed by atoms with E-state index in [1.807, 2.05) is 12.1 Å². The zero-order valence-electron chi connectivity index (χ0n) is 11.5. The van der Waals surface area contributed by atoms with Crippen molar-refractivity contribution >= 4 is 0 Å². The van der Waals surface area contributed by atoms with Gasteiger partial charge >= 0.3 is 0 Å². The number of nitrogens with zero attached hydrogens (tertiary/aromatic N) is 1. The van der Waals surface area contributed by atoms with Crippen LogP contribution in [0.25, 0.3) is 0 Å².